The first-order valence-corrected chi connectivity index (χ1v) is 11.0. The Morgan fingerprint density at radius 2 is 2.04 bits per heavy atom. The van der Waals surface area contributed by atoms with Gasteiger partial charge < -0.3 is 14.4 Å². The quantitative estimate of drug-likeness (QED) is 0.793. The van der Waals surface area contributed by atoms with Crippen LogP contribution in [-0.4, -0.2) is 34.2 Å². The number of nitrogens with zero attached hydrogens (tertiary/aromatic N) is 1. The number of sulfonamides is 1. The summed E-state index contributed by atoms with van der Waals surface area (Å²) in [5.74, 6) is 1.18. The summed E-state index contributed by atoms with van der Waals surface area (Å²) < 4.78 is 38.5. The van der Waals surface area contributed by atoms with Crippen molar-refractivity contribution in [2.45, 2.75) is 24.0 Å². The second kappa shape index (κ2) is 7.14. The molecule has 4 rings (SSSR count). The number of fused-ring (bicyclic) bond motifs is 1. The number of hydrogen-bond acceptors (Lipinski definition) is 6. The molecule has 0 unspecified atom stereocenters. The van der Waals surface area contributed by atoms with E-state index in [1.165, 1.54) is 11.3 Å². The second-order valence-corrected chi connectivity index (χ2v) is 9.70. The van der Waals surface area contributed by atoms with Gasteiger partial charge in [-0.05, 0) is 36.6 Å². The molecule has 1 amide bonds. The van der Waals surface area contributed by atoms with Gasteiger partial charge in [0.2, 0.25) is 22.7 Å². The van der Waals surface area contributed by atoms with Crippen molar-refractivity contribution in [1.29, 1.82) is 0 Å². The van der Waals surface area contributed by atoms with Crippen LogP contribution in [0.5, 0.6) is 11.5 Å². The average Bonchev–Trinajstić information content (AvgIpc) is 3.38. The van der Waals surface area contributed by atoms with Crippen molar-refractivity contribution in [1.82, 2.24) is 4.72 Å². The fourth-order valence-corrected chi connectivity index (χ4v) is 5.67. The lowest BCUT2D eigenvalue weighted by Gasteiger charge is -2.17. The van der Waals surface area contributed by atoms with Crippen molar-refractivity contribution in [2.24, 2.45) is 5.92 Å². The first kappa shape index (κ1) is 18.3. The van der Waals surface area contributed by atoms with Crippen LogP contribution < -0.4 is 19.1 Å². The van der Waals surface area contributed by atoms with Gasteiger partial charge in [-0.2, -0.15) is 0 Å². The third-order valence-electron chi connectivity index (χ3n) is 4.69. The van der Waals surface area contributed by atoms with E-state index in [0.717, 1.165) is 17.0 Å². The molecule has 7 nitrogen and oxygen atoms in total. The van der Waals surface area contributed by atoms with E-state index in [9.17, 15) is 13.2 Å². The predicted octanol–water partition coefficient (Wildman–Crippen LogP) is 2.37. The molecule has 0 spiro atoms. The van der Waals surface area contributed by atoms with E-state index < -0.39 is 10.0 Å². The van der Waals surface area contributed by atoms with Crippen molar-refractivity contribution in [3.8, 4) is 11.5 Å². The van der Waals surface area contributed by atoms with Crippen LogP contribution in [-0.2, 0) is 21.2 Å². The number of carbonyl (C=O) groups excluding carboxylic acids is 1. The Kier molecular flexibility index (Phi) is 4.83. The Morgan fingerprint density at radius 3 is 2.81 bits per heavy atom. The Bertz CT molecular complexity index is 970. The minimum Gasteiger partial charge on any atom is -0.454 e. The molecule has 1 atom stereocenters. The molecule has 1 N–H and O–H groups in total. The molecular weight excluding hydrogens is 388 g/mol. The lowest BCUT2D eigenvalue weighted by molar-refractivity contribution is -0.117. The van der Waals surface area contributed by atoms with E-state index in [4.69, 9.17) is 9.47 Å². The number of anilines is 1. The first-order chi connectivity index (χ1) is 13.0. The third kappa shape index (κ3) is 3.67. The fourth-order valence-electron chi connectivity index (χ4n) is 3.21. The number of carbonyl (C=O) groups is 1. The predicted molar refractivity (Wildman–Crippen MR) is 102 cm³/mol. The Labute approximate surface area is 161 Å². The molecular formula is C18H20N2O5S2. The van der Waals surface area contributed by atoms with Crippen LogP contribution >= 0.6 is 11.3 Å². The van der Waals surface area contributed by atoms with Crippen LogP contribution in [0.15, 0.2) is 34.5 Å². The Hall–Kier alpha value is -2.10. The summed E-state index contributed by atoms with van der Waals surface area (Å²) in [7, 11) is -3.54. The second-order valence-electron chi connectivity index (χ2n) is 6.54. The molecule has 144 valence electrons. The number of ether oxygens (including phenoxy) is 2. The molecule has 0 radical (unpaired) electrons. The zero-order valence-corrected chi connectivity index (χ0v) is 16.4. The Morgan fingerprint density at radius 1 is 1.22 bits per heavy atom. The van der Waals surface area contributed by atoms with E-state index in [1.807, 2.05) is 19.1 Å². The molecule has 0 saturated carbocycles. The van der Waals surface area contributed by atoms with Crippen molar-refractivity contribution < 1.29 is 22.7 Å². The third-order valence-corrected chi connectivity index (χ3v) is 7.83. The van der Waals surface area contributed by atoms with Gasteiger partial charge in [-0.1, -0.05) is 6.92 Å². The van der Waals surface area contributed by atoms with Gasteiger partial charge in [0, 0.05) is 36.1 Å². The van der Waals surface area contributed by atoms with Gasteiger partial charge in [0.25, 0.3) is 0 Å². The maximum atomic E-state index is 12.4. The van der Waals surface area contributed by atoms with E-state index in [2.05, 4.69) is 4.72 Å². The smallest absolute Gasteiger partial charge is 0.250 e. The highest BCUT2D eigenvalue weighted by Crippen LogP contribution is 2.37. The van der Waals surface area contributed by atoms with Crippen LogP contribution in [0.2, 0.25) is 0 Å². The normalized spacial score (nSPS) is 19.1. The van der Waals surface area contributed by atoms with Gasteiger partial charge in [0.15, 0.2) is 11.5 Å². The van der Waals surface area contributed by atoms with Crippen LogP contribution in [0.1, 0.15) is 18.2 Å². The lowest BCUT2D eigenvalue weighted by Crippen LogP contribution is -2.31. The minimum absolute atomic E-state index is 0.0255. The molecule has 2 aliphatic heterocycles. The van der Waals surface area contributed by atoms with Crippen LogP contribution in [0.4, 0.5) is 5.69 Å². The molecule has 9 heteroatoms. The Balaban J connectivity index is 1.40. The number of amides is 1. The van der Waals surface area contributed by atoms with Crippen molar-refractivity contribution in [3.63, 3.8) is 0 Å². The number of thiophene rings is 1. The van der Waals surface area contributed by atoms with Crippen molar-refractivity contribution in [2.75, 3.05) is 24.8 Å². The summed E-state index contributed by atoms with van der Waals surface area (Å²) in [6.45, 7) is 2.87. The van der Waals surface area contributed by atoms with Crippen molar-refractivity contribution >= 4 is 33.0 Å². The standard InChI is InChI=1S/C18H20N2O5S2/c1-2-14-4-6-18(26-14)27(22,23)19-9-12-7-17(21)20(10-12)13-3-5-15-16(8-13)25-11-24-15/h3-6,8,12,19H,2,7,9-11H2,1H3/t12-/m1/s1. The number of aryl methyl sites for hydroxylation is 1. The average molecular weight is 409 g/mol. The van der Waals surface area contributed by atoms with Gasteiger partial charge in [0.1, 0.15) is 4.21 Å². The van der Waals surface area contributed by atoms with Crippen LogP contribution in [0, 0.1) is 5.92 Å². The molecule has 0 aliphatic carbocycles. The lowest BCUT2D eigenvalue weighted by atomic mass is 10.1. The fraction of sp³-hybridized carbons (Fsp3) is 0.389. The first-order valence-electron chi connectivity index (χ1n) is 8.74. The number of rotatable bonds is 6. The summed E-state index contributed by atoms with van der Waals surface area (Å²) in [5.41, 5.74) is 0.737. The number of hydrogen-bond donors (Lipinski definition) is 1. The van der Waals surface area contributed by atoms with E-state index in [0.29, 0.717) is 28.7 Å². The molecule has 27 heavy (non-hydrogen) atoms. The van der Waals surface area contributed by atoms with E-state index >= 15 is 0 Å². The largest absolute Gasteiger partial charge is 0.454 e. The molecule has 0 bridgehead atoms. The number of nitrogens with one attached hydrogen (secondary N) is 1. The highest BCUT2D eigenvalue weighted by atomic mass is 32.2. The molecule has 1 aromatic carbocycles. The van der Waals surface area contributed by atoms with Gasteiger partial charge in [-0.15, -0.1) is 11.3 Å². The molecule has 2 aromatic rings. The summed E-state index contributed by atoms with van der Waals surface area (Å²) in [6.07, 6.45) is 1.11. The van der Waals surface area contributed by atoms with Gasteiger partial charge in [0.05, 0.1) is 0 Å². The van der Waals surface area contributed by atoms with Gasteiger partial charge in [-0.25, -0.2) is 13.1 Å². The summed E-state index contributed by atoms with van der Waals surface area (Å²) in [4.78, 5) is 15.1. The summed E-state index contributed by atoms with van der Waals surface area (Å²) in [6, 6.07) is 8.84. The monoisotopic (exact) mass is 408 g/mol. The van der Waals surface area contributed by atoms with Crippen LogP contribution in [0.3, 0.4) is 0 Å². The molecule has 2 aliphatic rings. The molecule has 1 fully saturated rings. The van der Waals surface area contributed by atoms with E-state index in [-0.39, 0.29) is 25.2 Å². The maximum absolute atomic E-state index is 12.4. The summed E-state index contributed by atoms with van der Waals surface area (Å²) in [5, 5.41) is 0. The topological polar surface area (TPSA) is 84.9 Å². The molecule has 3 heterocycles. The molecule has 1 aromatic heterocycles. The minimum atomic E-state index is -3.54. The van der Waals surface area contributed by atoms with E-state index in [1.54, 1.807) is 23.1 Å². The zero-order chi connectivity index (χ0) is 19.0. The summed E-state index contributed by atoms with van der Waals surface area (Å²) >= 11 is 1.28. The maximum Gasteiger partial charge on any atom is 0.250 e. The highest BCUT2D eigenvalue weighted by molar-refractivity contribution is 7.91. The van der Waals surface area contributed by atoms with Gasteiger partial charge in [-0.3, -0.25) is 4.79 Å². The SMILES string of the molecule is CCc1ccc(S(=O)(=O)NC[C@H]2CC(=O)N(c3ccc4c(c3)OCO4)C2)s1. The van der Waals surface area contributed by atoms with Crippen LogP contribution in [0.25, 0.3) is 0 Å². The number of benzene rings is 1. The zero-order valence-electron chi connectivity index (χ0n) is 14.8. The van der Waals surface area contributed by atoms with Gasteiger partial charge >= 0.3 is 0 Å². The van der Waals surface area contributed by atoms with Crippen molar-refractivity contribution in [3.05, 3.63) is 35.2 Å². The molecule has 1 saturated heterocycles. The highest BCUT2D eigenvalue weighted by Gasteiger charge is 2.32.